The van der Waals surface area contributed by atoms with Gasteiger partial charge in [-0.1, -0.05) is 0 Å². The highest BCUT2D eigenvalue weighted by atomic mass is 16.1. The van der Waals surface area contributed by atoms with Crippen molar-refractivity contribution in [2.24, 2.45) is 0 Å². The average molecular weight is 262 g/mol. The number of hydrogen-bond donors (Lipinski definition) is 2. The first-order valence-electron chi connectivity index (χ1n) is 6.08. The maximum absolute atomic E-state index is 11.5. The maximum atomic E-state index is 11.5. The van der Waals surface area contributed by atoms with Gasteiger partial charge in [0.1, 0.15) is 0 Å². The number of nitrogens with one attached hydrogen (secondary N) is 1. The van der Waals surface area contributed by atoms with E-state index in [-0.39, 0.29) is 11.9 Å². The van der Waals surface area contributed by atoms with Gasteiger partial charge in [-0.05, 0) is 26.8 Å². The number of hydrogen-bond acceptors (Lipinski definition) is 4. The number of rotatable bonds is 3. The first kappa shape index (κ1) is 13.1. The molecule has 0 spiro atoms. The van der Waals surface area contributed by atoms with E-state index in [2.05, 4.69) is 15.5 Å². The van der Waals surface area contributed by atoms with Crippen molar-refractivity contribution >= 4 is 11.6 Å². The van der Waals surface area contributed by atoms with Crippen LogP contribution in [0.3, 0.4) is 0 Å². The number of amides is 1. The Kier molecular flexibility index (Phi) is 3.28. The summed E-state index contributed by atoms with van der Waals surface area (Å²) in [5.41, 5.74) is 7.71. The third-order valence-electron chi connectivity index (χ3n) is 2.86. The topological polar surface area (TPSA) is 90.8 Å². The Bertz CT molecular complexity index is 610. The summed E-state index contributed by atoms with van der Waals surface area (Å²) in [5, 5.41) is 11.2. The van der Waals surface area contributed by atoms with E-state index in [1.165, 1.54) is 0 Å². The van der Waals surface area contributed by atoms with Gasteiger partial charge >= 0.3 is 0 Å². The number of carbonyl (C=O) groups excluding carboxylic acids is 1. The Hall–Kier alpha value is -2.31. The Labute approximate surface area is 111 Å². The SMILES string of the molecule is CNC(=O)c1ccn(-c2c(N)c(C)nn2C(C)C)n1. The van der Waals surface area contributed by atoms with Crippen LogP contribution in [0.1, 0.15) is 36.1 Å². The van der Waals surface area contributed by atoms with E-state index in [1.807, 2.05) is 20.8 Å². The van der Waals surface area contributed by atoms with Gasteiger partial charge in [-0.2, -0.15) is 10.2 Å². The molecule has 3 N–H and O–H groups in total. The first-order chi connectivity index (χ1) is 8.95. The van der Waals surface area contributed by atoms with Gasteiger partial charge in [-0.3, -0.25) is 4.79 Å². The second-order valence-electron chi connectivity index (χ2n) is 4.59. The summed E-state index contributed by atoms with van der Waals surface area (Å²) in [6, 6.07) is 1.80. The highest BCUT2D eigenvalue weighted by Gasteiger charge is 2.18. The number of nitrogen functional groups attached to an aromatic ring is 1. The zero-order chi connectivity index (χ0) is 14.2. The second-order valence-corrected chi connectivity index (χ2v) is 4.59. The monoisotopic (exact) mass is 262 g/mol. The van der Waals surface area contributed by atoms with Crippen LogP contribution in [-0.4, -0.2) is 32.5 Å². The van der Waals surface area contributed by atoms with Crippen molar-refractivity contribution in [2.45, 2.75) is 26.8 Å². The molecule has 0 fully saturated rings. The lowest BCUT2D eigenvalue weighted by atomic mass is 10.3. The number of nitrogens with zero attached hydrogens (tertiary/aromatic N) is 4. The van der Waals surface area contributed by atoms with E-state index >= 15 is 0 Å². The van der Waals surface area contributed by atoms with Crippen LogP contribution in [0.4, 0.5) is 5.69 Å². The fourth-order valence-electron chi connectivity index (χ4n) is 1.83. The Morgan fingerprint density at radius 1 is 1.42 bits per heavy atom. The minimum absolute atomic E-state index is 0.152. The quantitative estimate of drug-likeness (QED) is 0.859. The van der Waals surface area contributed by atoms with Crippen LogP contribution in [0.5, 0.6) is 0 Å². The fraction of sp³-hybridized carbons (Fsp3) is 0.417. The predicted molar refractivity (Wildman–Crippen MR) is 72.3 cm³/mol. The molecule has 0 saturated heterocycles. The molecule has 0 radical (unpaired) electrons. The van der Waals surface area contributed by atoms with Gasteiger partial charge in [0, 0.05) is 19.3 Å². The van der Waals surface area contributed by atoms with E-state index < -0.39 is 0 Å². The van der Waals surface area contributed by atoms with Crippen molar-refractivity contribution < 1.29 is 4.79 Å². The van der Waals surface area contributed by atoms with E-state index in [0.29, 0.717) is 17.2 Å². The lowest BCUT2D eigenvalue weighted by Gasteiger charge is -2.11. The fourth-order valence-corrected chi connectivity index (χ4v) is 1.83. The van der Waals surface area contributed by atoms with E-state index in [0.717, 1.165) is 5.69 Å². The molecule has 0 aromatic carbocycles. The molecular weight excluding hydrogens is 244 g/mol. The average Bonchev–Trinajstić information content (AvgIpc) is 2.95. The van der Waals surface area contributed by atoms with E-state index in [4.69, 9.17) is 5.73 Å². The predicted octanol–water partition coefficient (Wildman–Crippen LogP) is 0.900. The van der Waals surface area contributed by atoms with E-state index in [9.17, 15) is 4.79 Å². The molecule has 0 aliphatic heterocycles. The maximum Gasteiger partial charge on any atom is 0.271 e. The zero-order valence-electron chi connectivity index (χ0n) is 11.5. The summed E-state index contributed by atoms with van der Waals surface area (Å²) in [6.07, 6.45) is 1.70. The van der Waals surface area contributed by atoms with Crippen LogP contribution in [0.2, 0.25) is 0 Å². The molecule has 2 heterocycles. The molecule has 0 aliphatic carbocycles. The molecule has 102 valence electrons. The molecule has 2 aromatic rings. The molecule has 19 heavy (non-hydrogen) atoms. The second kappa shape index (κ2) is 4.75. The van der Waals surface area contributed by atoms with Gasteiger partial charge in [-0.15, -0.1) is 0 Å². The van der Waals surface area contributed by atoms with Crippen LogP contribution in [0, 0.1) is 6.92 Å². The van der Waals surface area contributed by atoms with Crippen LogP contribution in [0.25, 0.3) is 5.82 Å². The normalized spacial score (nSPS) is 11.0. The lowest BCUT2D eigenvalue weighted by molar-refractivity contribution is 0.0957. The van der Waals surface area contributed by atoms with Crippen molar-refractivity contribution in [3.05, 3.63) is 23.7 Å². The van der Waals surface area contributed by atoms with Gasteiger partial charge < -0.3 is 11.1 Å². The van der Waals surface area contributed by atoms with Crippen LogP contribution in [0.15, 0.2) is 12.3 Å². The number of nitrogens with two attached hydrogens (primary N) is 1. The van der Waals surface area contributed by atoms with Gasteiger partial charge in [0.2, 0.25) is 0 Å². The van der Waals surface area contributed by atoms with Crippen molar-refractivity contribution in [1.82, 2.24) is 24.9 Å². The third kappa shape index (κ3) is 2.18. The highest BCUT2D eigenvalue weighted by Crippen LogP contribution is 2.23. The molecule has 0 saturated carbocycles. The number of aromatic nitrogens is 4. The van der Waals surface area contributed by atoms with Crippen molar-refractivity contribution in [3.8, 4) is 5.82 Å². The molecule has 0 bridgehead atoms. The largest absolute Gasteiger partial charge is 0.394 e. The van der Waals surface area contributed by atoms with Crippen LogP contribution < -0.4 is 11.1 Å². The van der Waals surface area contributed by atoms with Crippen LogP contribution >= 0.6 is 0 Å². The summed E-state index contributed by atoms with van der Waals surface area (Å²) in [7, 11) is 1.57. The molecule has 7 nitrogen and oxygen atoms in total. The number of aryl methyl sites for hydroxylation is 1. The first-order valence-corrected chi connectivity index (χ1v) is 6.08. The number of carbonyl (C=O) groups is 1. The molecule has 2 aromatic heterocycles. The molecule has 7 heteroatoms. The summed E-state index contributed by atoms with van der Waals surface area (Å²) < 4.78 is 3.38. The van der Waals surface area contributed by atoms with Crippen molar-refractivity contribution in [2.75, 3.05) is 12.8 Å². The molecule has 0 unspecified atom stereocenters. The Balaban J connectivity index is 2.52. The van der Waals surface area contributed by atoms with Crippen molar-refractivity contribution in [3.63, 3.8) is 0 Å². The summed E-state index contributed by atoms with van der Waals surface area (Å²) >= 11 is 0. The summed E-state index contributed by atoms with van der Waals surface area (Å²) in [5.74, 6) is 0.451. The minimum Gasteiger partial charge on any atom is -0.394 e. The summed E-state index contributed by atoms with van der Waals surface area (Å²) in [6.45, 7) is 5.87. The standard InChI is InChI=1S/C12H18N6O/c1-7(2)18-12(10(13)8(3)15-18)17-6-5-9(16-17)11(19)14-4/h5-7H,13H2,1-4H3,(H,14,19). The zero-order valence-corrected chi connectivity index (χ0v) is 11.5. The smallest absolute Gasteiger partial charge is 0.271 e. The van der Waals surface area contributed by atoms with E-state index in [1.54, 1.807) is 28.7 Å². The Morgan fingerprint density at radius 3 is 2.68 bits per heavy atom. The molecular formula is C12H18N6O. The molecule has 0 atom stereocenters. The highest BCUT2D eigenvalue weighted by molar-refractivity contribution is 5.91. The third-order valence-corrected chi connectivity index (χ3v) is 2.86. The van der Waals surface area contributed by atoms with Crippen molar-refractivity contribution in [1.29, 1.82) is 0 Å². The van der Waals surface area contributed by atoms with Crippen LogP contribution in [-0.2, 0) is 0 Å². The van der Waals surface area contributed by atoms with Gasteiger partial charge in [0.15, 0.2) is 11.5 Å². The Morgan fingerprint density at radius 2 is 2.11 bits per heavy atom. The van der Waals surface area contributed by atoms with Gasteiger partial charge in [0.25, 0.3) is 5.91 Å². The minimum atomic E-state index is -0.232. The molecule has 2 rings (SSSR count). The van der Waals surface area contributed by atoms with Gasteiger partial charge in [-0.25, -0.2) is 9.36 Å². The molecule has 1 amide bonds. The lowest BCUT2D eigenvalue weighted by Crippen LogP contribution is -2.19. The summed E-state index contributed by atoms with van der Waals surface area (Å²) in [4.78, 5) is 11.5. The number of anilines is 1. The van der Waals surface area contributed by atoms with Gasteiger partial charge in [0.05, 0.1) is 11.4 Å². The molecule has 0 aliphatic rings.